The maximum Gasteiger partial charge on any atom is 0.0895 e. The highest BCUT2D eigenvalue weighted by Gasteiger charge is 1.99. The Hall–Kier alpha value is -1.28. The smallest absolute Gasteiger partial charge is 0.0895 e. The Morgan fingerprint density at radius 3 is 2.67 bits per heavy atom. The summed E-state index contributed by atoms with van der Waals surface area (Å²) in [6, 6.07) is 8.23. The Bertz CT molecular complexity index is 334. The summed E-state index contributed by atoms with van der Waals surface area (Å²) in [5.41, 5.74) is 2.43. The lowest BCUT2D eigenvalue weighted by atomic mass is 10.2. The highest BCUT2D eigenvalue weighted by molar-refractivity contribution is 5.85. The first-order valence-corrected chi connectivity index (χ1v) is 4.65. The van der Waals surface area contributed by atoms with E-state index in [-0.39, 0.29) is 12.4 Å². The molecule has 2 nitrogen and oxygen atoms in total. The number of aliphatic imine (C=N–C) groups is 1. The molecule has 0 amide bonds. The molecule has 0 bridgehead atoms. The van der Waals surface area contributed by atoms with Crippen molar-refractivity contribution < 1.29 is 0 Å². The van der Waals surface area contributed by atoms with E-state index in [0.29, 0.717) is 6.54 Å². The van der Waals surface area contributed by atoms with Crippen LogP contribution >= 0.6 is 12.4 Å². The number of anilines is 1. The predicted molar refractivity (Wildman–Crippen MR) is 70.4 cm³/mol. The molecular weight excluding hydrogens is 208 g/mol. The number of rotatable bonds is 4. The second kappa shape index (κ2) is 7.07. The van der Waals surface area contributed by atoms with E-state index in [1.165, 1.54) is 11.3 Å². The first-order valence-electron chi connectivity index (χ1n) is 4.65. The summed E-state index contributed by atoms with van der Waals surface area (Å²) >= 11 is 0. The van der Waals surface area contributed by atoms with Gasteiger partial charge in [-0.3, -0.25) is 4.99 Å². The van der Waals surface area contributed by atoms with E-state index in [1.807, 2.05) is 30.4 Å². The van der Waals surface area contributed by atoms with Crippen molar-refractivity contribution >= 4 is 24.4 Å². The zero-order chi connectivity index (χ0) is 10.4. The summed E-state index contributed by atoms with van der Waals surface area (Å²) in [7, 11) is 1.99. The molecule has 0 saturated carbocycles. The summed E-state index contributed by atoms with van der Waals surface area (Å²) in [6.07, 6.45) is 3.60. The van der Waals surface area contributed by atoms with Gasteiger partial charge in [0, 0.05) is 12.7 Å². The van der Waals surface area contributed by atoms with Crippen LogP contribution in [0.3, 0.4) is 0 Å². The number of aryl methyl sites for hydroxylation is 1. The zero-order valence-corrected chi connectivity index (χ0v) is 10.00. The standard InChI is InChI=1S/C12H16N2.ClH/c1-4-9-13-10-14(3)12-8-6-5-7-11(12)2;/h4-8,10H,1,9H2,2-3H3;1H. The molecule has 0 heterocycles. The summed E-state index contributed by atoms with van der Waals surface area (Å²) in [5, 5.41) is 0. The molecule has 0 aliphatic rings. The van der Waals surface area contributed by atoms with Crippen LogP contribution in [0.4, 0.5) is 5.69 Å². The van der Waals surface area contributed by atoms with E-state index >= 15 is 0 Å². The van der Waals surface area contributed by atoms with Crippen LogP contribution in [0.15, 0.2) is 41.9 Å². The lowest BCUT2D eigenvalue weighted by Gasteiger charge is -2.15. The largest absolute Gasteiger partial charge is 0.336 e. The fourth-order valence-electron chi connectivity index (χ4n) is 1.27. The van der Waals surface area contributed by atoms with Gasteiger partial charge < -0.3 is 4.90 Å². The van der Waals surface area contributed by atoms with Gasteiger partial charge >= 0.3 is 0 Å². The zero-order valence-electron chi connectivity index (χ0n) is 9.18. The van der Waals surface area contributed by atoms with Crippen LogP contribution in [0.5, 0.6) is 0 Å². The SMILES string of the molecule is C=CCN=CN(C)c1ccccc1C.Cl. The van der Waals surface area contributed by atoms with Crippen LogP contribution < -0.4 is 4.90 Å². The number of benzene rings is 1. The second-order valence-corrected chi connectivity index (χ2v) is 3.17. The maximum atomic E-state index is 4.19. The highest BCUT2D eigenvalue weighted by Crippen LogP contribution is 2.16. The topological polar surface area (TPSA) is 15.6 Å². The summed E-state index contributed by atoms with van der Waals surface area (Å²) < 4.78 is 0. The van der Waals surface area contributed by atoms with Crippen molar-refractivity contribution in [2.45, 2.75) is 6.92 Å². The number of hydrogen-bond acceptors (Lipinski definition) is 1. The van der Waals surface area contributed by atoms with Crippen LogP contribution in [0.25, 0.3) is 0 Å². The molecule has 15 heavy (non-hydrogen) atoms. The van der Waals surface area contributed by atoms with Crippen molar-refractivity contribution in [3.63, 3.8) is 0 Å². The van der Waals surface area contributed by atoms with Crippen molar-refractivity contribution in [3.8, 4) is 0 Å². The van der Waals surface area contributed by atoms with Gasteiger partial charge in [-0.1, -0.05) is 24.3 Å². The Morgan fingerprint density at radius 2 is 2.07 bits per heavy atom. The molecule has 0 N–H and O–H groups in total. The minimum Gasteiger partial charge on any atom is -0.336 e. The minimum atomic E-state index is 0. The molecule has 0 radical (unpaired) electrons. The van der Waals surface area contributed by atoms with Crippen LogP contribution in [0, 0.1) is 6.92 Å². The molecule has 1 aromatic rings. The molecule has 1 rings (SSSR count). The molecule has 0 aliphatic carbocycles. The molecule has 0 aliphatic heterocycles. The highest BCUT2D eigenvalue weighted by atomic mass is 35.5. The summed E-state index contributed by atoms with van der Waals surface area (Å²) in [6.45, 7) is 6.37. The van der Waals surface area contributed by atoms with Crippen molar-refractivity contribution in [3.05, 3.63) is 42.5 Å². The third-order valence-corrected chi connectivity index (χ3v) is 1.98. The normalized spacial score (nSPS) is 9.73. The first kappa shape index (κ1) is 13.7. The summed E-state index contributed by atoms with van der Waals surface area (Å²) in [4.78, 5) is 6.20. The van der Waals surface area contributed by atoms with Gasteiger partial charge in [-0.15, -0.1) is 19.0 Å². The monoisotopic (exact) mass is 224 g/mol. The Morgan fingerprint density at radius 1 is 1.40 bits per heavy atom. The van der Waals surface area contributed by atoms with Crippen molar-refractivity contribution in [1.82, 2.24) is 0 Å². The van der Waals surface area contributed by atoms with Crippen molar-refractivity contribution in [1.29, 1.82) is 0 Å². The lowest BCUT2D eigenvalue weighted by molar-refractivity contribution is 1.19. The van der Waals surface area contributed by atoms with Gasteiger partial charge in [0.25, 0.3) is 0 Å². The van der Waals surface area contributed by atoms with Crippen LogP contribution in [-0.4, -0.2) is 19.9 Å². The summed E-state index contributed by atoms with van der Waals surface area (Å²) in [5.74, 6) is 0. The van der Waals surface area contributed by atoms with Crippen LogP contribution in [0.1, 0.15) is 5.56 Å². The third-order valence-electron chi connectivity index (χ3n) is 1.98. The molecule has 0 spiro atoms. The molecule has 82 valence electrons. The van der Waals surface area contributed by atoms with Gasteiger partial charge in [0.05, 0.1) is 12.9 Å². The van der Waals surface area contributed by atoms with E-state index in [1.54, 1.807) is 6.08 Å². The number of para-hydroxylation sites is 1. The quantitative estimate of drug-likeness (QED) is 0.436. The van der Waals surface area contributed by atoms with Gasteiger partial charge in [0.2, 0.25) is 0 Å². The van der Waals surface area contributed by atoms with Crippen molar-refractivity contribution in [2.24, 2.45) is 4.99 Å². The maximum absolute atomic E-state index is 4.19. The van der Waals surface area contributed by atoms with E-state index in [2.05, 4.69) is 30.6 Å². The van der Waals surface area contributed by atoms with Gasteiger partial charge in [0.15, 0.2) is 0 Å². The van der Waals surface area contributed by atoms with Gasteiger partial charge in [-0.2, -0.15) is 0 Å². The van der Waals surface area contributed by atoms with Gasteiger partial charge in [-0.05, 0) is 18.6 Å². The number of halogens is 1. The van der Waals surface area contributed by atoms with E-state index in [0.717, 1.165) is 0 Å². The third kappa shape index (κ3) is 4.17. The number of hydrogen-bond donors (Lipinski definition) is 0. The Balaban J connectivity index is 0.00000196. The average molecular weight is 225 g/mol. The van der Waals surface area contributed by atoms with E-state index in [4.69, 9.17) is 0 Å². The fraction of sp³-hybridized carbons (Fsp3) is 0.250. The second-order valence-electron chi connectivity index (χ2n) is 3.17. The minimum absolute atomic E-state index is 0. The van der Waals surface area contributed by atoms with E-state index < -0.39 is 0 Å². The van der Waals surface area contributed by atoms with Gasteiger partial charge in [-0.25, -0.2) is 0 Å². The molecular formula is C12H17ClN2. The molecule has 0 aromatic heterocycles. The molecule has 0 saturated heterocycles. The lowest BCUT2D eigenvalue weighted by Crippen LogP contribution is -2.15. The van der Waals surface area contributed by atoms with E-state index in [9.17, 15) is 0 Å². The molecule has 3 heteroatoms. The molecule has 0 atom stereocenters. The van der Waals surface area contributed by atoms with Crippen LogP contribution in [0.2, 0.25) is 0 Å². The molecule has 0 unspecified atom stereocenters. The molecule has 1 aromatic carbocycles. The Kier molecular flexibility index (Phi) is 6.47. The Labute approximate surface area is 97.7 Å². The number of nitrogens with zero attached hydrogens (tertiary/aromatic N) is 2. The average Bonchev–Trinajstić information content (AvgIpc) is 2.18. The predicted octanol–water partition coefficient (Wildman–Crippen LogP) is 3.07. The van der Waals surface area contributed by atoms with Gasteiger partial charge in [0.1, 0.15) is 0 Å². The molecule has 0 fully saturated rings. The van der Waals surface area contributed by atoms with Crippen molar-refractivity contribution in [2.75, 3.05) is 18.5 Å². The first-order chi connectivity index (χ1) is 6.75. The van der Waals surface area contributed by atoms with Crippen LogP contribution in [-0.2, 0) is 0 Å². The fourth-order valence-corrected chi connectivity index (χ4v) is 1.27.